The fourth-order valence-electron chi connectivity index (χ4n) is 4.31. The summed E-state index contributed by atoms with van der Waals surface area (Å²) in [5, 5.41) is 1.92. The normalized spacial score (nSPS) is 13.8. The minimum absolute atomic E-state index is 0.0303. The highest BCUT2D eigenvalue weighted by atomic mass is 16.2. The molecular weight excluding hydrogens is 426 g/mol. The van der Waals surface area contributed by atoms with E-state index in [1.807, 2.05) is 49.5 Å². The Hall–Kier alpha value is -4.07. The molecule has 1 saturated heterocycles. The van der Waals surface area contributed by atoms with Gasteiger partial charge in [0.15, 0.2) is 0 Å². The summed E-state index contributed by atoms with van der Waals surface area (Å²) in [6.07, 6.45) is 7.76. The number of hydrogen-bond donors (Lipinski definition) is 0. The molecule has 0 radical (unpaired) electrons. The van der Waals surface area contributed by atoms with Crippen molar-refractivity contribution < 1.29 is 4.79 Å². The van der Waals surface area contributed by atoms with Gasteiger partial charge in [0, 0.05) is 82.1 Å². The average molecular weight is 454 g/mol. The van der Waals surface area contributed by atoms with Gasteiger partial charge in [-0.15, -0.1) is 0 Å². The number of hydrogen-bond acceptors (Lipinski definition) is 7. The van der Waals surface area contributed by atoms with E-state index in [2.05, 4.69) is 30.8 Å². The first kappa shape index (κ1) is 21.8. The highest BCUT2D eigenvalue weighted by Crippen LogP contribution is 2.29. The molecule has 0 atom stereocenters. The van der Waals surface area contributed by atoms with Crippen LogP contribution in [0.4, 0.5) is 11.8 Å². The predicted octanol–water partition coefficient (Wildman–Crippen LogP) is 3.06. The number of carbonyl (C=O) groups excluding carboxylic acids is 1. The highest BCUT2D eigenvalue weighted by molar-refractivity contribution is 6.09. The Morgan fingerprint density at radius 2 is 1.50 bits per heavy atom. The zero-order valence-electron chi connectivity index (χ0n) is 19.2. The Morgan fingerprint density at radius 1 is 0.824 bits per heavy atom. The highest BCUT2D eigenvalue weighted by Gasteiger charge is 2.23. The molecule has 1 fully saturated rings. The number of aromatic nitrogens is 4. The van der Waals surface area contributed by atoms with Crippen LogP contribution in [0.25, 0.3) is 10.8 Å². The van der Waals surface area contributed by atoms with Crippen LogP contribution in [-0.4, -0.2) is 70.5 Å². The van der Waals surface area contributed by atoms with E-state index >= 15 is 0 Å². The van der Waals surface area contributed by atoms with Crippen molar-refractivity contribution in [1.29, 1.82) is 0 Å². The Morgan fingerprint density at radius 3 is 2.24 bits per heavy atom. The third-order valence-electron chi connectivity index (χ3n) is 6.19. The predicted molar refractivity (Wildman–Crippen MR) is 133 cm³/mol. The molecule has 3 aromatic heterocycles. The van der Waals surface area contributed by atoms with Crippen molar-refractivity contribution in [2.75, 3.05) is 49.6 Å². The van der Waals surface area contributed by atoms with Crippen LogP contribution in [0.1, 0.15) is 16.1 Å². The molecule has 4 aromatic rings. The number of piperazine rings is 1. The van der Waals surface area contributed by atoms with Gasteiger partial charge in [0.1, 0.15) is 5.82 Å². The van der Waals surface area contributed by atoms with Crippen LogP contribution in [-0.2, 0) is 6.42 Å². The van der Waals surface area contributed by atoms with Crippen LogP contribution >= 0.6 is 0 Å². The fraction of sp³-hybridized carbons (Fsp3) is 0.269. The summed E-state index contributed by atoms with van der Waals surface area (Å²) in [6.45, 7) is 3.85. The molecular formula is C26H27N7O. The van der Waals surface area contributed by atoms with Crippen LogP contribution in [0.15, 0.2) is 73.3 Å². The molecule has 1 aromatic carbocycles. The van der Waals surface area contributed by atoms with Gasteiger partial charge < -0.3 is 14.7 Å². The molecule has 1 aliphatic rings. The fourth-order valence-corrected chi connectivity index (χ4v) is 4.31. The van der Waals surface area contributed by atoms with Gasteiger partial charge in [-0.05, 0) is 23.6 Å². The van der Waals surface area contributed by atoms with Crippen LogP contribution in [0.5, 0.6) is 0 Å². The number of fused-ring (bicyclic) bond motifs is 1. The first-order chi connectivity index (χ1) is 16.7. The van der Waals surface area contributed by atoms with E-state index < -0.39 is 0 Å². The monoisotopic (exact) mass is 453 g/mol. The number of nitrogens with zero attached hydrogens (tertiary/aromatic N) is 7. The lowest BCUT2D eigenvalue weighted by Gasteiger charge is -2.36. The number of benzene rings is 1. The number of pyridine rings is 2. The molecule has 5 rings (SSSR count). The molecule has 4 heterocycles. The lowest BCUT2D eigenvalue weighted by molar-refractivity contribution is 0.0798. The van der Waals surface area contributed by atoms with Crippen molar-refractivity contribution in [3.05, 3.63) is 84.6 Å². The molecule has 0 N–H and O–H groups in total. The molecule has 8 nitrogen and oxygen atoms in total. The van der Waals surface area contributed by atoms with Crippen molar-refractivity contribution in [3.8, 4) is 0 Å². The van der Waals surface area contributed by atoms with Crippen LogP contribution in [0, 0.1) is 0 Å². The van der Waals surface area contributed by atoms with Gasteiger partial charge in [0.05, 0.1) is 5.56 Å². The maximum Gasteiger partial charge on any atom is 0.255 e. The third-order valence-corrected chi connectivity index (χ3v) is 6.19. The summed E-state index contributed by atoms with van der Waals surface area (Å²) in [6, 6.07) is 15.7. The number of amides is 1. The van der Waals surface area contributed by atoms with Gasteiger partial charge in [-0.1, -0.05) is 30.3 Å². The van der Waals surface area contributed by atoms with Gasteiger partial charge in [-0.3, -0.25) is 9.78 Å². The van der Waals surface area contributed by atoms with E-state index in [1.165, 1.54) is 0 Å². The zero-order valence-corrected chi connectivity index (χ0v) is 19.2. The van der Waals surface area contributed by atoms with E-state index in [0.717, 1.165) is 54.4 Å². The molecule has 0 bridgehead atoms. The van der Waals surface area contributed by atoms with E-state index in [-0.39, 0.29) is 5.91 Å². The minimum atomic E-state index is -0.0303. The first-order valence-electron chi connectivity index (χ1n) is 11.5. The minimum Gasteiger partial charge on any atom is -0.353 e. The van der Waals surface area contributed by atoms with Gasteiger partial charge in [-0.2, -0.15) is 0 Å². The number of anilines is 2. The topological polar surface area (TPSA) is 78.4 Å². The molecule has 172 valence electrons. The number of rotatable bonds is 6. The Bertz CT molecular complexity index is 1260. The van der Waals surface area contributed by atoms with E-state index in [0.29, 0.717) is 18.5 Å². The molecule has 34 heavy (non-hydrogen) atoms. The molecule has 0 saturated carbocycles. The zero-order chi connectivity index (χ0) is 23.3. The summed E-state index contributed by atoms with van der Waals surface area (Å²) in [5.74, 6) is 1.64. The summed E-state index contributed by atoms with van der Waals surface area (Å²) in [4.78, 5) is 37.4. The lowest BCUT2D eigenvalue weighted by atomic mass is 10.1. The van der Waals surface area contributed by atoms with Crippen molar-refractivity contribution in [2.24, 2.45) is 0 Å². The maximum atomic E-state index is 13.3. The molecule has 1 aliphatic heterocycles. The SMILES string of the molecule is CN(CCc1ccccn1)C(=O)c1cnc(N2CCN(c3ncccn3)CC2)c2ccccc12. The number of carbonyl (C=O) groups is 1. The van der Waals surface area contributed by atoms with Crippen LogP contribution < -0.4 is 9.80 Å². The van der Waals surface area contributed by atoms with Crippen LogP contribution in [0.2, 0.25) is 0 Å². The third kappa shape index (κ3) is 4.52. The molecule has 1 amide bonds. The second-order valence-electron chi connectivity index (χ2n) is 8.36. The van der Waals surface area contributed by atoms with Gasteiger partial charge >= 0.3 is 0 Å². The quantitative estimate of drug-likeness (QED) is 0.444. The molecule has 8 heteroatoms. The second kappa shape index (κ2) is 9.82. The lowest BCUT2D eigenvalue weighted by Crippen LogP contribution is -2.47. The van der Waals surface area contributed by atoms with Crippen molar-refractivity contribution in [2.45, 2.75) is 6.42 Å². The van der Waals surface area contributed by atoms with E-state index in [4.69, 9.17) is 4.98 Å². The summed E-state index contributed by atoms with van der Waals surface area (Å²) >= 11 is 0. The number of likely N-dealkylation sites (N-methyl/N-ethyl adjacent to an activating group) is 1. The average Bonchev–Trinajstić information content (AvgIpc) is 2.92. The Balaban J connectivity index is 1.33. The summed E-state index contributed by atoms with van der Waals surface area (Å²) in [5.41, 5.74) is 1.60. The maximum absolute atomic E-state index is 13.3. The van der Waals surface area contributed by atoms with Gasteiger partial charge in [0.2, 0.25) is 5.95 Å². The smallest absolute Gasteiger partial charge is 0.255 e. The van der Waals surface area contributed by atoms with Crippen LogP contribution in [0.3, 0.4) is 0 Å². The molecule has 0 spiro atoms. The van der Waals surface area contributed by atoms with Crippen molar-refractivity contribution >= 4 is 28.4 Å². The van der Waals surface area contributed by atoms with E-state index in [1.54, 1.807) is 29.7 Å². The first-order valence-corrected chi connectivity index (χ1v) is 11.5. The largest absolute Gasteiger partial charge is 0.353 e. The summed E-state index contributed by atoms with van der Waals surface area (Å²) in [7, 11) is 1.83. The van der Waals surface area contributed by atoms with E-state index in [9.17, 15) is 4.79 Å². The summed E-state index contributed by atoms with van der Waals surface area (Å²) < 4.78 is 0. The van der Waals surface area contributed by atoms with Gasteiger partial charge in [-0.25, -0.2) is 15.0 Å². The Kier molecular flexibility index (Phi) is 6.29. The van der Waals surface area contributed by atoms with Crippen molar-refractivity contribution in [3.63, 3.8) is 0 Å². The van der Waals surface area contributed by atoms with Crippen molar-refractivity contribution in [1.82, 2.24) is 24.8 Å². The molecule has 0 aliphatic carbocycles. The molecule has 0 unspecified atom stereocenters. The second-order valence-corrected chi connectivity index (χ2v) is 8.36. The van der Waals surface area contributed by atoms with Gasteiger partial charge in [0.25, 0.3) is 5.91 Å². The Labute approximate surface area is 198 Å². The standard InChI is InChI=1S/C26H27N7O/c1-31(14-10-20-7-4-5-11-27-20)25(34)23-19-30-24(22-9-3-2-8-21(22)23)32-15-17-33(18-16-32)26-28-12-6-13-29-26/h2-9,11-13,19H,10,14-18H2,1H3.